The third-order valence-electron chi connectivity index (χ3n) is 4.49. The van der Waals surface area contributed by atoms with E-state index in [0.29, 0.717) is 6.04 Å². The van der Waals surface area contributed by atoms with Gasteiger partial charge in [0.1, 0.15) is 0 Å². The topological polar surface area (TPSA) is 12.0 Å². The quantitative estimate of drug-likeness (QED) is 0.771. The molecule has 20 heavy (non-hydrogen) atoms. The molecule has 0 bridgehead atoms. The van der Waals surface area contributed by atoms with E-state index in [1.165, 1.54) is 37.7 Å². The Morgan fingerprint density at radius 3 is 2.60 bits per heavy atom. The van der Waals surface area contributed by atoms with Gasteiger partial charge in [-0.3, -0.25) is 0 Å². The highest BCUT2D eigenvalue weighted by Crippen LogP contribution is 2.32. The standard InChI is InChI=1S/C18H28ClN/c1-14(2)20-13-17(16-8-4-3-5-9-16)11-15-7-6-10-18(19)12-15/h6-7,10,12,14,16-17,20H,3-5,8-9,11,13H2,1-2H3. The van der Waals surface area contributed by atoms with Crippen LogP contribution in [0.2, 0.25) is 5.02 Å². The Bertz CT molecular complexity index is 396. The van der Waals surface area contributed by atoms with Crippen LogP contribution in [0.25, 0.3) is 0 Å². The average molecular weight is 294 g/mol. The molecular weight excluding hydrogens is 266 g/mol. The van der Waals surface area contributed by atoms with Crippen molar-refractivity contribution in [3.8, 4) is 0 Å². The highest BCUT2D eigenvalue weighted by molar-refractivity contribution is 6.30. The Balaban J connectivity index is 2.00. The molecule has 0 amide bonds. The molecule has 1 aromatic carbocycles. The van der Waals surface area contributed by atoms with Crippen molar-refractivity contribution < 1.29 is 0 Å². The van der Waals surface area contributed by atoms with Gasteiger partial charge in [-0.2, -0.15) is 0 Å². The molecule has 1 aliphatic rings. The molecule has 1 saturated carbocycles. The van der Waals surface area contributed by atoms with E-state index in [0.717, 1.165) is 29.8 Å². The monoisotopic (exact) mass is 293 g/mol. The highest BCUT2D eigenvalue weighted by Gasteiger charge is 2.23. The second-order valence-corrected chi connectivity index (χ2v) is 6.99. The van der Waals surface area contributed by atoms with E-state index in [9.17, 15) is 0 Å². The van der Waals surface area contributed by atoms with Gasteiger partial charge in [-0.25, -0.2) is 0 Å². The van der Waals surface area contributed by atoms with E-state index < -0.39 is 0 Å². The van der Waals surface area contributed by atoms with Gasteiger partial charge in [0.05, 0.1) is 0 Å². The van der Waals surface area contributed by atoms with Crippen LogP contribution >= 0.6 is 11.6 Å². The van der Waals surface area contributed by atoms with Crippen molar-refractivity contribution in [2.75, 3.05) is 6.54 Å². The molecule has 0 aliphatic heterocycles. The number of benzene rings is 1. The first-order valence-corrected chi connectivity index (χ1v) is 8.51. The third kappa shape index (κ3) is 5.10. The van der Waals surface area contributed by atoms with Crippen LogP contribution in [0.5, 0.6) is 0 Å². The Morgan fingerprint density at radius 2 is 1.95 bits per heavy atom. The maximum absolute atomic E-state index is 6.13. The molecule has 2 heteroatoms. The molecule has 1 aromatic rings. The van der Waals surface area contributed by atoms with Crippen LogP contribution in [0.15, 0.2) is 24.3 Å². The summed E-state index contributed by atoms with van der Waals surface area (Å²) >= 11 is 6.13. The SMILES string of the molecule is CC(C)NCC(Cc1cccc(Cl)c1)C1CCCCC1. The fourth-order valence-corrected chi connectivity index (χ4v) is 3.58. The second-order valence-electron chi connectivity index (χ2n) is 6.56. The molecule has 2 rings (SSSR count). The van der Waals surface area contributed by atoms with E-state index in [2.05, 4.69) is 37.4 Å². The summed E-state index contributed by atoms with van der Waals surface area (Å²) in [6.45, 7) is 5.60. The smallest absolute Gasteiger partial charge is 0.0408 e. The van der Waals surface area contributed by atoms with Crippen LogP contribution in [0.4, 0.5) is 0 Å². The van der Waals surface area contributed by atoms with Gasteiger partial charge in [-0.1, -0.05) is 69.7 Å². The lowest BCUT2D eigenvalue weighted by Gasteiger charge is -2.31. The first-order chi connectivity index (χ1) is 9.65. The zero-order valence-corrected chi connectivity index (χ0v) is 13.6. The Kier molecular flexibility index (Phi) is 6.38. The van der Waals surface area contributed by atoms with Crippen molar-refractivity contribution in [2.24, 2.45) is 11.8 Å². The lowest BCUT2D eigenvalue weighted by molar-refractivity contribution is 0.236. The number of nitrogens with one attached hydrogen (secondary N) is 1. The van der Waals surface area contributed by atoms with E-state index >= 15 is 0 Å². The zero-order chi connectivity index (χ0) is 14.4. The van der Waals surface area contributed by atoms with Crippen LogP contribution in [0.1, 0.15) is 51.5 Å². The van der Waals surface area contributed by atoms with Crippen molar-refractivity contribution in [1.29, 1.82) is 0 Å². The van der Waals surface area contributed by atoms with Crippen molar-refractivity contribution in [3.05, 3.63) is 34.9 Å². The molecule has 1 fully saturated rings. The Hall–Kier alpha value is -0.530. The first kappa shape index (κ1) is 15.9. The predicted molar refractivity (Wildman–Crippen MR) is 88.4 cm³/mol. The summed E-state index contributed by atoms with van der Waals surface area (Å²) < 4.78 is 0. The minimum Gasteiger partial charge on any atom is -0.314 e. The molecule has 0 spiro atoms. The fraction of sp³-hybridized carbons (Fsp3) is 0.667. The van der Waals surface area contributed by atoms with Crippen LogP contribution in [0, 0.1) is 11.8 Å². The van der Waals surface area contributed by atoms with E-state index in [4.69, 9.17) is 11.6 Å². The van der Waals surface area contributed by atoms with Gasteiger partial charge in [0.15, 0.2) is 0 Å². The molecule has 112 valence electrons. The highest BCUT2D eigenvalue weighted by atomic mass is 35.5. The van der Waals surface area contributed by atoms with Crippen LogP contribution in [-0.2, 0) is 6.42 Å². The van der Waals surface area contributed by atoms with Crippen molar-refractivity contribution in [2.45, 2.75) is 58.4 Å². The van der Waals surface area contributed by atoms with Crippen molar-refractivity contribution in [1.82, 2.24) is 5.32 Å². The van der Waals surface area contributed by atoms with E-state index in [-0.39, 0.29) is 0 Å². The summed E-state index contributed by atoms with van der Waals surface area (Å²) in [4.78, 5) is 0. The molecule has 1 N–H and O–H groups in total. The molecule has 0 aromatic heterocycles. The maximum atomic E-state index is 6.13. The van der Waals surface area contributed by atoms with E-state index in [1.54, 1.807) is 0 Å². The summed E-state index contributed by atoms with van der Waals surface area (Å²) in [7, 11) is 0. The van der Waals surface area contributed by atoms with Gasteiger partial charge >= 0.3 is 0 Å². The van der Waals surface area contributed by atoms with Crippen LogP contribution < -0.4 is 5.32 Å². The minimum atomic E-state index is 0.570. The molecule has 0 saturated heterocycles. The van der Waals surface area contributed by atoms with Crippen LogP contribution in [0.3, 0.4) is 0 Å². The normalized spacial score (nSPS) is 18.4. The largest absolute Gasteiger partial charge is 0.314 e. The summed E-state index contributed by atoms with van der Waals surface area (Å²) in [6, 6.07) is 8.96. The summed E-state index contributed by atoms with van der Waals surface area (Å²) in [5.41, 5.74) is 1.39. The molecule has 1 unspecified atom stereocenters. The maximum Gasteiger partial charge on any atom is 0.0408 e. The van der Waals surface area contributed by atoms with Gasteiger partial charge in [-0.05, 0) is 42.5 Å². The lowest BCUT2D eigenvalue weighted by atomic mass is 9.77. The lowest BCUT2D eigenvalue weighted by Crippen LogP contribution is -2.34. The van der Waals surface area contributed by atoms with Gasteiger partial charge in [-0.15, -0.1) is 0 Å². The number of rotatable bonds is 6. The number of halogens is 1. The summed E-state index contributed by atoms with van der Waals surface area (Å²) in [5, 5.41) is 4.51. The molecule has 1 nitrogen and oxygen atoms in total. The summed E-state index contributed by atoms with van der Waals surface area (Å²) in [5.74, 6) is 1.63. The molecule has 0 heterocycles. The first-order valence-electron chi connectivity index (χ1n) is 8.13. The number of hydrogen-bond donors (Lipinski definition) is 1. The second kappa shape index (κ2) is 8.05. The van der Waals surface area contributed by atoms with Gasteiger partial charge < -0.3 is 5.32 Å². The Labute approximate surface area is 129 Å². The Morgan fingerprint density at radius 1 is 1.20 bits per heavy atom. The summed E-state index contributed by atoms with van der Waals surface area (Å²) in [6.07, 6.45) is 8.23. The predicted octanol–water partition coefficient (Wildman–Crippen LogP) is 5.08. The van der Waals surface area contributed by atoms with E-state index in [1.807, 2.05) is 6.07 Å². The van der Waals surface area contributed by atoms with Crippen molar-refractivity contribution in [3.63, 3.8) is 0 Å². The third-order valence-corrected chi connectivity index (χ3v) is 4.73. The van der Waals surface area contributed by atoms with Gasteiger partial charge in [0, 0.05) is 11.1 Å². The molecule has 1 aliphatic carbocycles. The van der Waals surface area contributed by atoms with Gasteiger partial charge in [0.2, 0.25) is 0 Å². The molecule has 0 radical (unpaired) electrons. The zero-order valence-electron chi connectivity index (χ0n) is 12.9. The minimum absolute atomic E-state index is 0.570. The van der Waals surface area contributed by atoms with Crippen LogP contribution in [-0.4, -0.2) is 12.6 Å². The average Bonchev–Trinajstić information content (AvgIpc) is 2.44. The van der Waals surface area contributed by atoms with Gasteiger partial charge in [0.25, 0.3) is 0 Å². The number of hydrogen-bond acceptors (Lipinski definition) is 1. The van der Waals surface area contributed by atoms with Crippen molar-refractivity contribution >= 4 is 11.6 Å². The molecular formula is C18H28ClN. The fourth-order valence-electron chi connectivity index (χ4n) is 3.36. The molecule has 1 atom stereocenters.